The Morgan fingerprint density at radius 2 is 1.57 bits per heavy atom. The maximum Gasteiger partial charge on any atom is 0.131 e. The van der Waals surface area contributed by atoms with E-state index in [4.69, 9.17) is 0 Å². The van der Waals surface area contributed by atoms with E-state index in [-0.39, 0.29) is 0 Å². The van der Waals surface area contributed by atoms with Crippen molar-refractivity contribution in [1.82, 2.24) is 15.1 Å². The van der Waals surface area contributed by atoms with Gasteiger partial charge in [-0.3, -0.25) is 4.68 Å². The summed E-state index contributed by atoms with van der Waals surface area (Å²) in [6.45, 7) is 18.6. The Kier molecular flexibility index (Phi) is 6.72. The van der Waals surface area contributed by atoms with E-state index in [1.54, 1.807) is 0 Å². The van der Waals surface area contributed by atoms with Crippen LogP contribution in [0.5, 0.6) is 0 Å². The summed E-state index contributed by atoms with van der Waals surface area (Å²) in [5, 5.41) is 8.20. The van der Waals surface area contributed by atoms with Crippen LogP contribution < -0.4 is 10.2 Å². The van der Waals surface area contributed by atoms with E-state index >= 15 is 0 Å². The highest BCUT2D eigenvalue weighted by molar-refractivity contribution is 5.50. The molecule has 0 radical (unpaired) electrons. The van der Waals surface area contributed by atoms with Crippen molar-refractivity contribution < 1.29 is 0 Å². The molecule has 0 saturated carbocycles. The average Bonchev–Trinajstić information content (AvgIpc) is 2.58. The molecule has 1 aromatic rings. The standard InChI is InChI=1S/C17H34N4/c1-12(2)10-21(11-13(3)4)17-16(9-18-14(5)6)15(7)19-20(17)8/h12-14,18H,9-11H2,1-8H3. The van der Waals surface area contributed by atoms with Gasteiger partial charge in [-0.1, -0.05) is 41.5 Å². The Labute approximate surface area is 130 Å². The SMILES string of the molecule is Cc1nn(C)c(N(CC(C)C)CC(C)C)c1CNC(C)C. The van der Waals surface area contributed by atoms with Gasteiger partial charge in [0.25, 0.3) is 0 Å². The summed E-state index contributed by atoms with van der Waals surface area (Å²) in [4.78, 5) is 2.51. The number of rotatable bonds is 8. The van der Waals surface area contributed by atoms with Crippen molar-refractivity contribution in [3.63, 3.8) is 0 Å². The van der Waals surface area contributed by atoms with Crippen LogP contribution in [0.2, 0.25) is 0 Å². The molecular formula is C17H34N4. The van der Waals surface area contributed by atoms with Crippen LogP contribution in [0.3, 0.4) is 0 Å². The number of aromatic nitrogens is 2. The van der Waals surface area contributed by atoms with Crippen molar-refractivity contribution in [3.05, 3.63) is 11.3 Å². The first-order chi connectivity index (χ1) is 9.72. The third-order valence-corrected chi connectivity index (χ3v) is 3.47. The predicted molar refractivity (Wildman–Crippen MR) is 91.8 cm³/mol. The van der Waals surface area contributed by atoms with Crippen molar-refractivity contribution >= 4 is 5.82 Å². The molecule has 0 bridgehead atoms. The molecule has 1 N–H and O–H groups in total. The van der Waals surface area contributed by atoms with Gasteiger partial charge in [-0.05, 0) is 18.8 Å². The minimum Gasteiger partial charge on any atom is -0.356 e. The molecule has 0 atom stereocenters. The number of aryl methyl sites for hydroxylation is 2. The molecule has 1 aromatic heterocycles. The summed E-state index contributed by atoms with van der Waals surface area (Å²) in [7, 11) is 2.06. The van der Waals surface area contributed by atoms with Crippen LogP contribution in [0.15, 0.2) is 0 Å². The first kappa shape index (κ1) is 18.0. The Morgan fingerprint density at radius 3 is 2.00 bits per heavy atom. The molecule has 0 aliphatic heterocycles. The van der Waals surface area contributed by atoms with E-state index in [9.17, 15) is 0 Å². The summed E-state index contributed by atoms with van der Waals surface area (Å²) < 4.78 is 2.05. The zero-order chi connectivity index (χ0) is 16.2. The quantitative estimate of drug-likeness (QED) is 0.798. The monoisotopic (exact) mass is 294 g/mol. The lowest BCUT2D eigenvalue weighted by atomic mass is 10.1. The van der Waals surface area contributed by atoms with Gasteiger partial charge in [0.2, 0.25) is 0 Å². The van der Waals surface area contributed by atoms with Crippen LogP contribution in [0.4, 0.5) is 5.82 Å². The molecule has 0 aromatic carbocycles. The van der Waals surface area contributed by atoms with Gasteiger partial charge in [-0.2, -0.15) is 5.10 Å². The molecule has 21 heavy (non-hydrogen) atoms. The van der Waals surface area contributed by atoms with Crippen LogP contribution in [-0.2, 0) is 13.6 Å². The number of anilines is 1. The Morgan fingerprint density at radius 1 is 1.05 bits per heavy atom. The van der Waals surface area contributed by atoms with Gasteiger partial charge in [0.1, 0.15) is 5.82 Å². The minimum absolute atomic E-state index is 0.487. The average molecular weight is 294 g/mol. The lowest BCUT2D eigenvalue weighted by molar-refractivity contribution is 0.534. The topological polar surface area (TPSA) is 33.1 Å². The number of hydrogen-bond acceptors (Lipinski definition) is 3. The fraction of sp³-hybridized carbons (Fsp3) is 0.824. The van der Waals surface area contributed by atoms with E-state index in [0.29, 0.717) is 17.9 Å². The van der Waals surface area contributed by atoms with Crippen molar-refractivity contribution in [3.8, 4) is 0 Å². The molecule has 1 rings (SSSR count). The Balaban J connectivity index is 3.09. The zero-order valence-electron chi connectivity index (χ0n) is 15.2. The van der Waals surface area contributed by atoms with Gasteiger partial charge < -0.3 is 10.2 Å². The summed E-state index contributed by atoms with van der Waals surface area (Å²) in [6.07, 6.45) is 0. The lowest BCUT2D eigenvalue weighted by Crippen LogP contribution is -2.34. The smallest absolute Gasteiger partial charge is 0.131 e. The molecule has 0 unspecified atom stereocenters. The molecule has 122 valence electrons. The van der Waals surface area contributed by atoms with Crippen molar-refractivity contribution in [2.75, 3.05) is 18.0 Å². The van der Waals surface area contributed by atoms with E-state index in [1.807, 2.05) is 0 Å². The van der Waals surface area contributed by atoms with E-state index in [0.717, 1.165) is 25.3 Å². The van der Waals surface area contributed by atoms with Gasteiger partial charge in [-0.25, -0.2) is 0 Å². The van der Waals surface area contributed by atoms with Crippen molar-refractivity contribution in [1.29, 1.82) is 0 Å². The molecule has 4 heteroatoms. The molecule has 0 saturated heterocycles. The molecule has 1 heterocycles. The second-order valence-corrected chi connectivity index (χ2v) is 7.24. The lowest BCUT2D eigenvalue weighted by Gasteiger charge is -2.29. The number of nitrogens with one attached hydrogen (secondary N) is 1. The highest BCUT2D eigenvalue weighted by Crippen LogP contribution is 2.25. The predicted octanol–water partition coefficient (Wildman–Crippen LogP) is 3.34. The first-order valence-corrected chi connectivity index (χ1v) is 8.23. The number of hydrogen-bond donors (Lipinski definition) is 1. The maximum absolute atomic E-state index is 4.66. The summed E-state index contributed by atoms with van der Waals surface area (Å²) in [5.41, 5.74) is 2.48. The molecular weight excluding hydrogens is 260 g/mol. The second-order valence-electron chi connectivity index (χ2n) is 7.24. The first-order valence-electron chi connectivity index (χ1n) is 8.23. The van der Waals surface area contributed by atoms with E-state index in [2.05, 4.69) is 75.5 Å². The Bertz CT molecular complexity index is 422. The van der Waals surface area contributed by atoms with Gasteiger partial charge in [0, 0.05) is 38.3 Å². The third kappa shape index (κ3) is 5.34. The van der Waals surface area contributed by atoms with Crippen LogP contribution in [-0.4, -0.2) is 28.9 Å². The zero-order valence-corrected chi connectivity index (χ0v) is 15.2. The summed E-state index contributed by atoms with van der Waals surface area (Å²) >= 11 is 0. The van der Waals surface area contributed by atoms with Crippen molar-refractivity contribution in [2.24, 2.45) is 18.9 Å². The molecule has 0 amide bonds. The molecule has 0 aliphatic rings. The highest BCUT2D eigenvalue weighted by atomic mass is 15.4. The molecule has 0 fully saturated rings. The van der Waals surface area contributed by atoms with Gasteiger partial charge >= 0.3 is 0 Å². The number of nitrogens with zero attached hydrogens (tertiary/aromatic N) is 3. The van der Waals surface area contributed by atoms with Crippen LogP contribution in [0.1, 0.15) is 52.8 Å². The summed E-state index contributed by atoms with van der Waals surface area (Å²) in [6, 6.07) is 0.487. The van der Waals surface area contributed by atoms with Crippen molar-refractivity contribution in [2.45, 2.75) is 61.1 Å². The van der Waals surface area contributed by atoms with Gasteiger partial charge in [-0.15, -0.1) is 0 Å². The summed E-state index contributed by atoms with van der Waals surface area (Å²) in [5.74, 6) is 2.57. The molecule has 0 aliphatic carbocycles. The van der Waals surface area contributed by atoms with Crippen LogP contribution in [0, 0.1) is 18.8 Å². The maximum atomic E-state index is 4.66. The highest BCUT2D eigenvalue weighted by Gasteiger charge is 2.20. The molecule has 4 nitrogen and oxygen atoms in total. The van der Waals surface area contributed by atoms with Crippen LogP contribution >= 0.6 is 0 Å². The fourth-order valence-electron chi connectivity index (χ4n) is 2.73. The minimum atomic E-state index is 0.487. The third-order valence-electron chi connectivity index (χ3n) is 3.47. The van der Waals surface area contributed by atoms with E-state index in [1.165, 1.54) is 11.4 Å². The molecule has 0 spiro atoms. The fourth-order valence-corrected chi connectivity index (χ4v) is 2.73. The van der Waals surface area contributed by atoms with Crippen LogP contribution in [0.25, 0.3) is 0 Å². The normalized spacial score (nSPS) is 12.0. The van der Waals surface area contributed by atoms with Gasteiger partial charge in [0.05, 0.1) is 5.69 Å². The van der Waals surface area contributed by atoms with Gasteiger partial charge in [0.15, 0.2) is 0 Å². The largest absolute Gasteiger partial charge is 0.356 e. The second kappa shape index (κ2) is 7.83. The van der Waals surface area contributed by atoms with E-state index < -0.39 is 0 Å². The Hall–Kier alpha value is -1.03.